The maximum Gasteiger partial charge on any atom is 0.373 e. The summed E-state index contributed by atoms with van der Waals surface area (Å²) in [6.45, 7) is 2.66. The van der Waals surface area contributed by atoms with Gasteiger partial charge in [-0.3, -0.25) is 0 Å². The van der Waals surface area contributed by atoms with Gasteiger partial charge in [0.15, 0.2) is 17.5 Å². The molecule has 1 aromatic carbocycles. The molecule has 0 spiro atoms. The summed E-state index contributed by atoms with van der Waals surface area (Å²) in [5.74, 6) is -5.47. The molecule has 2 rings (SSSR count). The van der Waals surface area contributed by atoms with Crippen molar-refractivity contribution in [1.29, 1.82) is 0 Å². The van der Waals surface area contributed by atoms with Gasteiger partial charge in [0, 0.05) is 0 Å². The summed E-state index contributed by atoms with van der Waals surface area (Å²) in [6.07, 6.45) is 0. The molecule has 0 bridgehead atoms. The van der Waals surface area contributed by atoms with Crippen LogP contribution in [0, 0.1) is 31.3 Å². The number of anilines is 1. The number of nitrogen functional groups attached to an aromatic ring is 1. The summed E-state index contributed by atoms with van der Waals surface area (Å²) in [5.41, 5.74) is 4.26. The van der Waals surface area contributed by atoms with Crippen LogP contribution in [-0.4, -0.2) is 9.78 Å². The number of benzene rings is 1. The number of alkyl halides is 2. The van der Waals surface area contributed by atoms with E-state index < -0.39 is 29.1 Å². The van der Waals surface area contributed by atoms with Gasteiger partial charge in [-0.25, -0.2) is 13.2 Å². The van der Waals surface area contributed by atoms with Gasteiger partial charge in [-0.05, 0) is 26.0 Å². The molecular formula is C12H10F5N3. The second-order valence-electron chi connectivity index (χ2n) is 4.26. The lowest BCUT2D eigenvalue weighted by Crippen LogP contribution is -2.29. The Morgan fingerprint density at radius 2 is 1.70 bits per heavy atom. The molecule has 0 aliphatic carbocycles. The lowest BCUT2D eigenvalue weighted by molar-refractivity contribution is -0.0537. The minimum atomic E-state index is -3.99. The van der Waals surface area contributed by atoms with E-state index in [0.29, 0.717) is 12.1 Å². The molecule has 8 heteroatoms. The van der Waals surface area contributed by atoms with Gasteiger partial charge in [0.05, 0.1) is 22.6 Å². The smallest absolute Gasteiger partial charge is 0.373 e. The normalized spacial score (nSPS) is 11.9. The van der Waals surface area contributed by atoms with Crippen LogP contribution >= 0.6 is 0 Å². The minimum absolute atomic E-state index is 0.0210. The zero-order valence-electron chi connectivity index (χ0n) is 10.5. The number of aryl methyl sites for hydroxylation is 1. The molecule has 0 atom stereocenters. The van der Waals surface area contributed by atoms with Gasteiger partial charge in [-0.2, -0.15) is 18.6 Å². The van der Waals surface area contributed by atoms with E-state index in [-0.39, 0.29) is 21.8 Å². The Hall–Kier alpha value is -2.12. The number of nitrogens with two attached hydrogens (primary N) is 1. The van der Waals surface area contributed by atoms with Crippen molar-refractivity contribution >= 4 is 5.69 Å². The average molecular weight is 291 g/mol. The van der Waals surface area contributed by atoms with E-state index in [1.807, 2.05) is 0 Å². The second kappa shape index (κ2) is 4.46. The van der Waals surface area contributed by atoms with Crippen LogP contribution < -0.4 is 5.73 Å². The largest absolute Gasteiger partial charge is 0.396 e. The van der Waals surface area contributed by atoms with Crippen molar-refractivity contribution in [2.75, 3.05) is 5.73 Å². The first-order valence-corrected chi connectivity index (χ1v) is 5.52. The number of aromatic nitrogens is 2. The topological polar surface area (TPSA) is 43.8 Å². The van der Waals surface area contributed by atoms with Gasteiger partial charge in [0.1, 0.15) is 0 Å². The van der Waals surface area contributed by atoms with Crippen molar-refractivity contribution in [3.05, 3.63) is 46.5 Å². The number of hydrogen-bond acceptors (Lipinski definition) is 2. The van der Waals surface area contributed by atoms with Crippen molar-refractivity contribution in [3.63, 3.8) is 0 Å². The van der Waals surface area contributed by atoms with Gasteiger partial charge < -0.3 is 5.73 Å². The molecule has 0 aliphatic rings. The zero-order valence-corrected chi connectivity index (χ0v) is 10.5. The summed E-state index contributed by atoms with van der Waals surface area (Å²) in [4.78, 5) is 0. The Morgan fingerprint density at radius 3 is 2.20 bits per heavy atom. The molecule has 3 nitrogen and oxygen atoms in total. The third-order valence-corrected chi connectivity index (χ3v) is 2.97. The molecule has 20 heavy (non-hydrogen) atoms. The van der Waals surface area contributed by atoms with Crippen molar-refractivity contribution in [2.24, 2.45) is 0 Å². The van der Waals surface area contributed by atoms with E-state index in [9.17, 15) is 22.0 Å². The zero-order chi connectivity index (χ0) is 15.2. The molecular weight excluding hydrogens is 281 g/mol. The van der Waals surface area contributed by atoms with E-state index in [4.69, 9.17) is 5.73 Å². The highest BCUT2D eigenvalue weighted by atomic mass is 19.3. The van der Waals surface area contributed by atoms with Crippen LogP contribution in [-0.2, 0) is 6.05 Å². The molecule has 2 N–H and O–H groups in total. The van der Waals surface area contributed by atoms with Gasteiger partial charge in [0.25, 0.3) is 0 Å². The molecule has 0 unspecified atom stereocenters. The van der Waals surface area contributed by atoms with Crippen LogP contribution in [0.1, 0.15) is 17.0 Å². The van der Waals surface area contributed by atoms with Crippen LogP contribution in [0.2, 0.25) is 0 Å². The van der Waals surface area contributed by atoms with E-state index in [2.05, 4.69) is 5.10 Å². The first-order chi connectivity index (χ1) is 9.17. The number of rotatable bonds is 2. The Labute approximate surface area is 110 Å². The summed E-state index contributed by atoms with van der Waals surface area (Å²) in [6, 6.07) is -3.10. The van der Waals surface area contributed by atoms with E-state index >= 15 is 0 Å². The summed E-state index contributed by atoms with van der Waals surface area (Å²) < 4.78 is 68.0. The molecule has 0 amide bonds. The Morgan fingerprint density at radius 1 is 1.10 bits per heavy atom. The molecule has 0 aliphatic heterocycles. The number of hydrogen-bond donors (Lipinski definition) is 1. The Balaban J connectivity index is 2.66. The molecule has 0 saturated carbocycles. The highest BCUT2D eigenvalue weighted by molar-refractivity contribution is 5.47. The summed E-state index contributed by atoms with van der Waals surface area (Å²) in [7, 11) is 0. The molecule has 0 radical (unpaired) electrons. The molecule has 0 saturated heterocycles. The quantitative estimate of drug-likeness (QED) is 0.682. The van der Waals surface area contributed by atoms with Crippen LogP contribution in [0.5, 0.6) is 0 Å². The Kier molecular flexibility index (Phi) is 3.19. The van der Waals surface area contributed by atoms with Gasteiger partial charge in [0.2, 0.25) is 0 Å². The van der Waals surface area contributed by atoms with Gasteiger partial charge in [-0.15, -0.1) is 0 Å². The van der Waals surface area contributed by atoms with Crippen LogP contribution in [0.25, 0.3) is 0 Å². The van der Waals surface area contributed by atoms with E-state index in [0.717, 1.165) is 0 Å². The first-order valence-electron chi connectivity index (χ1n) is 5.52. The minimum Gasteiger partial charge on any atom is -0.396 e. The van der Waals surface area contributed by atoms with Crippen molar-refractivity contribution < 1.29 is 22.0 Å². The third-order valence-electron chi connectivity index (χ3n) is 2.97. The van der Waals surface area contributed by atoms with Crippen molar-refractivity contribution in [1.82, 2.24) is 9.78 Å². The van der Waals surface area contributed by atoms with Crippen LogP contribution in [0.4, 0.5) is 27.6 Å². The average Bonchev–Trinajstić information content (AvgIpc) is 2.64. The van der Waals surface area contributed by atoms with E-state index in [1.54, 1.807) is 0 Å². The number of nitrogens with zero attached hydrogens (tertiary/aromatic N) is 2. The van der Waals surface area contributed by atoms with Crippen molar-refractivity contribution in [2.45, 2.75) is 19.9 Å². The van der Waals surface area contributed by atoms with Crippen LogP contribution in [0.3, 0.4) is 0 Å². The van der Waals surface area contributed by atoms with Crippen molar-refractivity contribution in [3.8, 4) is 0 Å². The second-order valence-corrected chi connectivity index (χ2v) is 4.26. The highest BCUT2D eigenvalue weighted by Gasteiger charge is 2.41. The standard InChI is InChI=1S/C12H10F5N3/c1-5-11(18)6(2)20(19-5)12(16,17)7-3-4-8(13)10(15)9(7)14/h3-4H,18H2,1-2H3. The maximum atomic E-state index is 14.2. The fraction of sp³-hybridized carbons (Fsp3) is 0.250. The summed E-state index contributed by atoms with van der Waals surface area (Å²) >= 11 is 0. The lowest BCUT2D eigenvalue weighted by Gasteiger charge is -2.19. The van der Waals surface area contributed by atoms with Gasteiger partial charge >= 0.3 is 6.05 Å². The lowest BCUT2D eigenvalue weighted by atomic mass is 10.1. The number of halogens is 5. The van der Waals surface area contributed by atoms with E-state index in [1.165, 1.54) is 13.8 Å². The third kappa shape index (κ3) is 1.91. The monoisotopic (exact) mass is 291 g/mol. The molecule has 0 fully saturated rings. The SMILES string of the molecule is Cc1nn(C(F)(F)c2ccc(F)c(F)c2F)c(C)c1N. The fourth-order valence-electron chi connectivity index (χ4n) is 1.80. The Bertz CT molecular complexity index is 678. The van der Waals surface area contributed by atoms with Crippen LogP contribution in [0.15, 0.2) is 12.1 Å². The molecule has 108 valence electrons. The predicted molar refractivity (Wildman–Crippen MR) is 61.7 cm³/mol. The molecule has 1 heterocycles. The first kappa shape index (κ1) is 14.3. The molecule has 2 aromatic rings. The molecule has 1 aromatic heterocycles. The fourth-order valence-corrected chi connectivity index (χ4v) is 1.80. The van der Waals surface area contributed by atoms with Gasteiger partial charge in [-0.1, -0.05) is 0 Å². The highest BCUT2D eigenvalue weighted by Crippen LogP contribution is 2.35. The summed E-state index contributed by atoms with van der Waals surface area (Å²) in [5, 5.41) is 3.51. The maximum absolute atomic E-state index is 14.2. The predicted octanol–water partition coefficient (Wildman–Crippen LogP) is 3.10.